The molecule has 1 aromatic carbocycles. The monoisotopic (exact) mass is 452 g/mol. The van der Waals surface area contributed by atoms with E-state index >= 15 is 0 Å². The highest BCUT2D eigenvalue weighted by molar-refractivity contribution is 7.99. The third-order valence-corrected chi connectivity index (χ3v) is 6.40. The standard InChI is InChI=1S/C24H28N4O3S/c1-30-20-7-2-10-21(16-20)32-23-12-11-22(26-27-23)28-14-4-6-18(17-28)24(29)25-13-3-8-19-9-5-15-31-19/h2,5,7,9-12,15-16,18H,3-4,6,8,13-14,17H2,1H3,(H,25,29)/t18-/m0/s1. The number of methoxy groups -OCH3 is 1. The Morgan fingerprint density at radius 1 is 1.25 bits per heavy atom. The third-order valence-electron chi connectivity index (χ3n) is 5.49. The highest BCUT2D eigenvalue weighted by atomic mass is 32.2. The molecule has 1 atom stereocenters. The fourth-order valence-electron chi connectivity index (χ4n) is 3.79. The van der Waals surface area contributed by atoms with Crippen LogP contribution in [0.1, 0.15) is 25.0 Å². The van der Waals surface area contributed by atoms with Gasteiger partial charge in [0, 0.05) is 31.0 Å². The number of furan rings is 1. The molecule has 168 valence electrons. The van der Waals surface area contributed by atoms with Gasteiger partial charge in [-0.15, -0.1) is 10.2 Å². The number of amides is 1. The van der Waals surface area contributed by atoms with Crippen molar-refractivity contribution < 1.29 is 13.9 Å². The van der Waals surface area contributed by atoms with E-state index in [4.69, 9.17) is 9.15 Å². The van der Waals surface area contributed by atoms with Gasteiger partial charge in [-0.25, -0.2) is 0 Å². The maximum Gasteiger partial charge on any atom is 0.224 e. The Balaban J connectivity index is 1.27. The molecule has 8 heteroatoms. The molecule has 3 heterocycles. The first-order chi connectivity index (χ1) is 15.7. The number of nitrogens with one attached hydrogen (secondary N) is 1. The van der Waals surface area contributed by atoms with Gasteiger partial charge in [-0.05, 0) is 61.7 Å². The van der Waals surface area contributed by atoms with Gasteiger partial charge in [-0.3, -0.25) is 4.79 Å². The van der Waals surface area contributed by atoms with Crippen LogP contribution in [0.15, 0.2) is 69.1 Å². The maximum atomic E-state index is 12.6. The lowest BCUT2D eigenvalue weighted by Gasteiger charge is -2.32. The van der Waals surface area contributed by atoms with E-state index in [2.05, 4.69) is 20.4 Å². The Hall–Kier alpha value is -3.00. The lowest BCUT2D eigenvalue weighted by molar-refractivity contribution is -0.125. The minimum Gasteiger partial charge on any atom is -0.497 e. The van der Waals surface area contributed by atoms with Gasteiger partial charge in [-0.1, -0.05) is 17.8 Å². The Labute approximate surface area is 192 Å². The summed E-state index contributed by atoms with van der Waals surface area (Å²) in [5, 5.41) is 12.7. The number of aromatic nitrogens is 2. The molecule has 3 aromatic rings. The van der Waals surface area contributed by atoms with E-state index in [1.54, 1.807) is 25.1 Å². The van der Waals surface area contributed by atoms with Crippen LogP contribution in [0.5, 0.6) is 5.75 Å². The van der Waals surface area contributed by atoms with Gasteiger partial charge in [0.05, 0.1) is 19.3 Å². The lowest BCUT2D eigenvalue weighted by Crippen LogP contribution is -2.43. The van der Waals surface area contributed by atoms with Crippen LogP contribution in [0, 0.1) is 5.92 Å². The van der Waals surface area contributed by atoms with E-state index in [-0.39, 0.29) is 11.8 Å². The summed E-state index contributed by atoms with van der Waals surface area (Å²) < 4.78 is 10.6. The molecule has 1 amide bonds. The molecule has 1 fully saturated rings. The lowest BCUT2D eigenvalue weighted by atomic mass is 9.97. The van der Waals surface area contributed by atoms with Crippen LogP contribution in [0.4, 0.5) is 5.82 Å². The number of piperidine rings is 1. The Morgan fingerprint density at radius 3 is 2.97 bits per heavy atom. The smallest absolute Gasteiger partial charge is 0.224 e. The molecule has 1 aliphatic heterocycles. The van der Waals surface area contributed by atoms with Crippen LogP contribution >= 0.6 is 11.8 Å². The first-order valence-electron chi connectivity index (χ1n) is 10.9. The van der Waals surface area contributed by atoms with Gasteiger partial charge in [-0.2, -0.15) is 0 Å². The Bertz CT molecular complexity index is 995. The molecule has 1 N–H and O–H groups in total. The molecule has 0 unspecified atom stereocenters. The third kappa shape index (κ3) is 6.03. The summed E-state index contributed by atoms with van der Waals surface area (Å²) in [6.07, 6.45) is 5.25. The Morgan fingerprint density at radius 2 is 2.19 bits per heavy atom. The van der Waals surface area contributed by atoms with Crippen LogP contribution in [-0.4, -0.2) is 42.8 Å². The summed E-state index contributed by atoms with van der Waals surface area (Å²) >= 11 is 1.55. The van der Waals surface area contributed by atoms with E-state index in [0.717, 1.165) is 59.5 Å². The van der Waals surface area contributed by atoms with Crippen molar-refractivity contribution >= 4 is 23.5 Å². The topological polar surface area (TPSA) is 80.5 Å². The summed E-state index contributed by atoms with van der Waals surface area (Å²) in [6.45, 7) is 2.21. The number of hydrogen-bond acceptors (Lipinski definition) is 7. The summed E-state index contributed by atoms with van der Waals surface area (Å²) in [4.78, 5) is 15.8. The zero-order chi connectivity index (χ0) is 22.2. The molecule has 2 aromatic heterocycles. The molecule has 7 nitrogen and oxygen atoms in total. The van der Waals surface area contributed by atoms with Gasteiger partial charge >= 0.3 is 0 Å². The summed E-state index contributed by atoms with van der Waals surface area (Å²) in [6, 6.07) is 15.7. The van der Waals surface area contributed by atoms with Gasteiger partial charge in [0.1, 0.15) is 16.5 Å². The highest BCUT2D eigenvalue weighted by Crippen LogP contribution is 2.29. The largest absolute Gasteiger partial charge is 0.497 e. The number of anilines is 1. The van der Waals surface area contributed by atoms with Crippen LogP contribution < -0.4 is 15.0 Å². The fraction of sp³-hybridized carbons (Fsp3) is 0.375. The number of rotatable bonds is 9. The number of benzene rings is 1. The maximum absolute atomic E-state index is 12.6. The van der Waals surface area contributed by atoms with Crippen LogP contribution in [0.3, 0.4) is 0 Å². The van der Waals surface area contributed by atoms with Crippen molar-refractivity contribution in [2.24, 2.45) is 5.92 Å². The number of ether oxygens (including phenoxy) is 1. The second-order valence-electron chi connectivity index (χ2n) is 7.77. The zero-order valence-electron chi connectivity index (χ0n) is 18.2. The fourth-order valence-corrected chi connectivity index (χ4v) is 4.58. The van der Waals surface area contributed by atoms with E-state index in [0.29, 0.717) is 13.1 Å². The number of hydrogen-bond donors (Lipinski definition) is 1. The predicted octanol–water partition coefficient (Wildman–Crippen LogP) is 4.19. The average molecular weight is 453 g/mol. The quantitative estimate of drug-likeness (QED) is 0.488. The second kappa shape index (κ2) is 11.0. The van der Waals surface area contributed by atoms with Gasteiger partial charge < -0.3 is 19.4 Å². The first kappa shape index (κ1) is 22.2. The zero-order valence-corrected chi connectivity index (χ0v) is 19.0. The van der Waals surface area contributed by atoms with Gasteiger partial charge in [0.15, 0.2) is 5.82 Å². The first-order valence-corrected chi connectivity index (χ1v) is 11.7. The van der Waals surface area contributed by atoms with E-state index in [1.165, 1.54) is 0 Å². The highest BCUT2D eigenvalue weighted by Gasteiger charge is 2.26. The normalized spacial score (nSPS) is 16.0. The van der Waals surface area contributed by atoms with Gasteiger partial charge in [0.2, 0.25) is 5.91 Å². The number of aryl methyl sites for hydroxylation is 1. The van der Waals surface area contributed by atoms with Crippen molar-refractivity contribution in [3.63, 3.8) is 0 Å². The SMILES string of the molecule is COc1cccc(Sc2ccc(N3CCC[C@H](C(=O)NCCCc4ccco4)C3)nn2)c1. The molecule has 0 spiro atoms. The molecule has 4 rings (SSSR count). The number of carbonyl (C=O) groups is 1. The van der Waals surface area contributed by atoms with Crippen LogP contribution in [0.25, 0.3) is 0 Å². The molecule has 0 radical (unpaired) electrons. The molecule has 0 aliphatic carbocycles. The summed E-state index contributed by atoms with van der Waals surface area (Å²) in [7, 11) is 1.66. The Kier molecular flexibility index (Phi) is 7.66. The van der Waals surface area contributed by atoms with Crippen molar-refractivity contribution in [1.82, 2.24) is 15.5 Å². The minimum absolute atomic E-state index is 0.0278. The van der Waals surface area contributed by atoms with Crippen molar-refractivity contribution in [3.8, 4) is 5.75 Å². The second-order valence-corrected chi connectivity index (χ2v) is 8.86. The molecule has 1 aliphatic rings. The molecule has 0 saturated carbocycles. The molecule has 0 bridgehead atoms. The van der Waals surface area contributed by atoms with Crippen LogP contribution in [-0.2, 0) is 11.2 Å². The van der Waals surface area contributed by atoms with E-state index < -0.39 is 0 Å². The minimum atomic E-state index is -0.0278. The summed E-state index contributed by atoms with van der Waals surface area (Å²) in [5.41, 5.74) is 0. The van der Waals surface area contributed by atoms with E-state index in [9.17, 15) is 4.79 Å². The van der Waals surface area contributed by atoms with Crippen LogP contribution in [0.2, 0.25) is 0 Å². The number of carbonyl (C=O) groups excluding carboxylic acids is 1. The molecular weight excluding hydrogens is 424 g/mol. The number of nitrogens with zero attached hydrogens (tertiary/aromatic N) is 3. The molecular formula is C24H28N4O3S. The van der Waals surface area contributed by atoms with Crippen molar-refractivity contribution in [2.45, 2.75) is 35.6 Å². The van der Waals surface area contributed by atoms with Crippen molar-refractivity contribution in [1.29, 1.82) is 0 Å². The molecule has 32 heavy (non-hydrogen) atoms. The predicted molar refractivity (Wildman–Crippen MR) is 124 cm³/mol. The van der Waals surface area contributed by atoms with Crippen molar-refractivity contribution in [3.05, 3.63) is 60.6 Å². The van der Waals surface area contributed by atoms with E-state index in [1.807, 2.05) is 48.5 Å². The van der Waals surface area contributed by atoms with Crippen molar-refractivity contribution in [2.75, 3.05) is 31.6 Å². The average Bonchev–Trinajstić information content (AvgIpc) is 3.36. The molecule has 1 saturated heterocycles. The summed E-state index contributed by atoms with van der Waals surface area (Å²) in [5.74, 6) is 2.68. The van der Waals surface area contributed by atoms with Gasteiger partial charge in [0.25, 0.3) is 0 Å².